The topological polar surface area (TPSA) is 50.4 Å². The highest BCUT2D eigenvalue weighted by Crippen LogP contribution is 2.38. The summed E-state index contributed by atoms with van der Waals surface area (Å²) in [7, 11) is 1.44. The number of esters is 1. The van der Waals surface area contributed by atoms with Gasteiger partial charge in [0, 0.05) is 4.88 Å². The zero-order chi connectivity index (χ0) is 20.3. The Morgan fingerprint density at radius 2 is 1.93 bits per heavy atom. The van der Waals surface area contributed by atoms with E-state index in [4.69, 9.17) is 17.0 Å². The molecule has 1 aliphatic rings. The van der Waals surface area contributed by atoms with Crippen molar-refractivity contribution < 1.29 is 9.53 Å². The van der Waals surface area contributed by atoms with E-state index in [1.807, 2.05) is 0 Å². The average molecular weight is 417 g/mol. The van der Waals surface area contributed by atoms with Crippen LogP contribution in [0.1, 0.15) is 69.7 Å². The molecule has 150 valence electrons. The van der Waals surface area contributed by atoms with Gasteiger partial charge in [0.1, 0.15) is 5.00 Å². The molecule has 1 heterocycles. The first-order chi connectivity index (χ1) is 13.4. The van der Waals surface area contributed by atoms with Crippen molar-refractivity contribution >= 4 is 39.6 Å². The maximum atomic E-state index is 12.5. The van der Waals surface area contributed by atoms with Gasteiger partial charge in [0.2, 0.25) is 0 Å². The van der Waals surface area contributed by atoms with E-state index in [1.165, 1.54) is 41.5 Å². The van der Waals surface area contributed by atoms with Crippen molar-refractivity contribution in [3.63, 3.8) is 0 Å². The van der Waals surface area contributed by atoms with Crippen molar-refractivity contribution in [2.75, 3.05) is 12.4 Å². The van der Waals surface area contributed by atoms with Crippen LogP contribution in [0.3, 0.4) is 0 Å². The Kier molecular flexibility index (Phi) is 6.73. The summed E-state index contributed by atoms with van der Waals surface area (Å²) in [5.41, 5.74) is 5.52. The minimum Gasteiger partial charge on any atom is -0.465 e. The largest absolute Gasteiger partial charge is 0.465 e. The molecule has 2 aromatic rings. The lowest BCUT2D eigenvalue weighted by Gasteiger charge is -2.18. The molecular weight excluding hydrogens is 388 g/mol. The van der Waals surface area contributed by atoms with Crippen LogP contribution in [0.15, 0.2) is 18.2 Å². The average Bonchev–Trinajstić information content (AvgIpc) is 2.83. The van der Waals surface area contributed by atoms with Crippen LogP contribution >= 0.6 is 23.6 Å². The monoisotopic (exact) mass is 416 g/mol. The van der Waals surface area contributed by atoms with E-state index >= 15 is 0 Å². The number of hydrogen-bond acceptors (Lipinski definition) is 4. The fourth-order valence-corrected chi connectivity index (χ4v) is 5.23. The van der Waals surface area contributed by atoms with Gasteiger partial charge in [-0.05, 0) is 80.9 Å². The van der Waals surface area contributed by atoms with E-state index in [9.17, 15) is 4.79 Å². The number of rotatable bonds is 4. The number of methoxy groups -OCH3 is 1. The molecule has 0 spiro atoms. The normalized spacial score (nSPS) is 14.6. The van der Waals surface area contributed by atoms with E-state index in [1.54, 1.807) is 11.3 Å². The molecule has 1 unspecified atom stereocenters. The smallest absolute Gasteiger partial charge is 0.341 e. The first-order valence-corrected chi connectivity index (χ1v) is 11.0. The summed E-state index contributed by atoms with van der Waals surface area (Å²) in [6.45, 7) is 6.31. The number of benzene rings is 1. The Morgan fingerprint density at radius 3 is 2.64 bits per heavy atom. The van der Waals surface area contributed by atoms with E-state index in [-0.39, 0.29) is 12.0 Å². The molecule has 0 aliphatic heterocycles. The van der Waals surface area contributed by atoms with Gasteiger partial charge >= 0.3 is 5.97 Å². The van der Waals surface area contributed by atoms with Crippen LogP contribution in [-0.4, -0.2) is 18.2 Å². The molecule has 1 aliphatic carbocycles. The molecule has 6 heteroatoms. The maximum Gasteiger partial charge on any atom is 0.341 e. The summed E-state index contributed by atoms with van der Waals surface area (Å²) < 4.78 is 5.06. The number of fused-ring (bicyclic) bond motifs is 1. The van der Waals surface area contributed by atoms with Crippen LogP contribution in [0.2, 0.25) is 0 Å². The summed E-state index contributed by atoms with van der Waals surface area (Å²) in [4.78, 5) is 13.7. The van der Waals surface area contributed by atoms with Crippen molar-refractivity contribution in [2.45, 2.75) is 58.9 Å². The molecule has 4 nitrogen and oxygen atoms in total. The number of thiophene rings is 1. The van der Waals surface area contributed by atoms with E-state index in [0.29, 0.717) is 10.7 Å². The molecule has 0 saturated heterocycles. The number of ether oxygens (including phenoxy) is 1. The van der Waals surface area contributed by atoms with Gasteiger partial charge < -0.3 is 15.4 Å². The zero-order valence-corrected chi connectivity index (χ0v) is 18.6. The first-order valence-electron chi connectivity index (χ1n) is 9.78. The van der Waals surface area contributed by atoms with Crippen molar-refractivity contribution in [2.24, 2.45) is 0 Å². The van der Waals surface area contributed by atoms with Crippen molar-refractivity contribution in [3.8, 4) is 0 Å². The van der Waals surface area contributed by atoms with Gasteiger partial charge in [0.05, 0.1) is 18.7 Å². The fourth-order valence-electron chi connectivity index (χ4n) is 3.60. The minimum absolute atomic E-state index is 0.0682. The van der Waals surface area contributed by atoms with Gasteiger partial charge in [-0.25, -0.2) is 4.79 Å². The number of carbonyl (C=O) groups is 1. The van der Waals surface area contributed by atoms with Crippen LogP contribution in [-0.2, 0) is 17.6 Å². The van der Waals surface area contributed by atoms with Crippen molar-refractivity contribution in [3.05, 3.63) is 50.9 Å². The van der Waals surface area contributed by atoms with E-state index in [0.717, 1.165) is 29.8 Å². The number of nitrogens with one attached hydrogen (secondary N) is 2. The van der Waals surface area contributed by atoms with Crippen molar-refractivity contribution in [1.82, 2.24) is 5.32 Å². The third-order valence-electron chi connectivity index (χ3n) is 5.42. The van der Waals surface area contributed by atoms with Gasteiger partial charge in [0.25, 0.3) is 0 Å². The lowest BCUT2D eigenvalue weighted by molar-refractivity contribution is 0.0601. The molecular formula is C22H28N2O2S2. The van der Waals surface area contributed by atoms with Crippen LogP contribution < -0.4 is 10.6 Å². The van der Waals surface area contributed by atoms with Crippen LogP contribution in [0, 0.1) is 13.8 Å². The summed E-state index contributed by atoms with van der Waals surface area (Å²) in [6, 6.07) is 6.50. The summed E-state index contributed by atoms with van der Waals surface area (Å²) in [6.07, 6.45) is 5.43. The van der Waals surface area contributed by atoms with E-state index < -0.39 is 0 Å². The maximum absolute atomic E-state index is 12.5. The standard InChI is InChI=1S/C22H28N2O2S2/c1-13-10-11-16(12-14(13)2)15(3)23-22(27)24-20-19(21(25)26-4)17-8-6-5-7-9-18(17)28-20/h10-12,15H,5-9H2,1-4H3,(H2,23,24,27). The molecule has 28 heavy (non-hydrogen) atoms. The summed E-state index contributed by atoms with van der Waals surface area (Å²) >= 11 is 7.19. The zero-order valence-electron chi connectivity index (χ0n) is 17.0. The van der Waals surface area contributed by atoms with Crippen LogP contribution in [0.5, 0.6) is 0 Å². The second-order valence-corrected chi connectivity index (χ2v) is 8.94. The molecule has 0 fully saturated rings. The minimum atomic E-state index is -0.285. The number of anilines is 1. The Balaban J connectivity index is 1.78. The summed E-state index contributed by atoms with van der Waals surface area (Å²) in [5, 5.41) is 7.93. The number of carbonyl (C=O) groups excluding carboxylic acids is 1. The van der Waals surface area contributed by atoms with Gasteiger partial charge in [0.15, 0.2) is 5.11 Å². The molecule has 0 radical (unpaired) electrons. The molecule has 0 bridgehead atoms. The molecule has 3 rings (SSSR count). The van der Waals surface area contributed by atoms with Gasteiger partial charge in [-0.15, -0.1) is 11.3 Å². The molecule has 2 N–H and O–H groups in total. The third kappa shape index (κ3) is 4.55. The number of aryl methyl sites for hydroxylation is 3. The van der Waals surface area contributed by atoms with Crippen LogP contribution in [0.4, 0.5) is 5.00 Å². The van der Waals surface area contributed by atoms with Gasteiger partial charge in [-0.3, -0.25) is 0 Å². The Labute approximate surface area is 176 Å². The SMILES string of the molecule is COC(=O)c1c(NC(=S)NC(C)c2ccc(C)c(C)c2)sc2c1CCCCC2. The van der Waals surface area contributed by atoms with Crippen molar-refractivity contribution in [1.29, 1.82) is 0 Å². The lowest BCUT2D eigenvalue weighted by Crippen LogP contribution is -2.31. The molecule has 0 amide bonds. The number of thiocarbonyl (C=S) groups is 1. The molecule has 1 atom stereocenters. The lowest BCUT2D eigenvalue weighted by atomic mass is 10.0. The van der Waals surface area contributed by atoms with Crippen LogP contribution in [0.25, 0.3) is 0 Å². The highest BCUT2D eigenvalue weighted by atomic mass is 32.1. The Hall–Kier alpha value is -1.92. The van der Waals surface area contributed by atoms with Gasteiger partial charge in [-0.2, -0.15) is 0 Å². The highest BCUT2D eigenvalue weighted by molar-refractivity contribution is 7.80. The first kappa shape index (κ1) is 20.8. The number of hydrogen-bond donors (Lipinski definition) is 2. The molecule has 1 aromatic heterocycles. The van der Waals surface area contributed by atoms with E-state index in [2.05, 4.69) is 49.6 Å². The second kappa shape index (κ2) is 9.05. The van der Waals surface area contributed by atoms with Gasteiger partial charge in [-0.1, -0.05) is 24.6 Å². The Bertz CT molecular complexity index is 889. The highest BCUT2D eigenvalue weighted by Gasteiger charge is 2.26. The molecule has 1 aromatic carbocycles. The Morgan fingerprint density at radius 1 is 1.18 bits per heavy atom. The summed E-state index contributed by atoms with van der Waals surface area (Å²) in [5.74, 6) is -0.285. The fraction of sp³-hybridized carbons (Fsp3) is 0.455. The third-order valence-corrected chi connectivity index (χ3v) is 6.84. The quantitative estimate of drug-likeness (QED) is 0.393. The second-order valence-electron chi connectivity index (χ2n) is 7.42. The predicted molar refractivity (Wildman–Crippen MR) is 121 cm³/mol. The predicted octanol–water partition coefficient (Wildman–Crippen LogP) is 5.47. The molecule has 0 saturated carbocycles.